The average molecular weight is 360 g/mol. The van der Waals surface area contributed by atoms with Crippen molar-refractivity contribution in [1.29, 1.82) is 0 Å². The molecule has 20 heavy (non-hydrogen) atoms. The molecule has 4 nitrogen and oxygen atoms in total. The number of ether oxygens (including phenoxy) is 1. The largest absolute Gasteiger partial charge is 0.452 e. The van der Waals surface area contributed by atoms with Gasteiger partial charge in [-0.25, -0.2) is 12.8 Å². The second-order valence-electron chi connectivity index (χ2n) is 4.15. The molecule has 0 saturated carbocycles. The smallest absolute Gasteiger partial charge is 0.175 e. The highest BCUT2D eigenvalue weighted by Crippen LogP contribution is 2.32. The van der Waals surface area contributed by atoms with E-state index in [1.165, 1.54) is 36.4 Å². The predicted molar refractivity (Wildman–Crippen MR) is 78.1 cm³/mol. The number of anilines is 1. The van der Waals surface area contributed by atoms with Gasteiger partial charge in [0.2, 0.25) is 0 Å². The summed E-state index contributed by atoms with van der Waals surface area (Å²) in [5, 5.41) is 0. The van der Waals surface area contributed by atoms with Gasteiger partial charge in [-0.1, -0.05) is 15.9 Å². The van der Waals surface area contributed by atoms with E-state index in [1.54, 1.807) is 0 Å². The Morgan fingerprint density at radius 1 is 1.15 bits per heavy atom. The van der Waals surface area contributed by atoms with Crippen LogP contribution in [0.2, 0.25) is 0 Å². The number of nitrogen functional groups attached to an aromatic ring is 1. The van der Waals surface area contributed by atoms with E-state index in [-0.39, 0.29) is 22.1 Å². The predicted octanol–water partition coefficient (Wildman–Crippen LogP) is 3.37. The molecule has 0 atom stereocenters. The number of nitrogens with two attached hydrogens (primary N) is 1. The van der Waals surface area contributed by atoms with E-state index in [0.717, 1.165) is 6.26 Å². The molecule has 0 bridgehead atoms. The quantitative estimate of drug-likeness (QED) is 0.853. The Morgan fingerprint density at radius 3 is 2.45 bits per heavy atom. The van der Waals surface area contributed by atoms with Crippen LogP contribution in [0.1, 0.15) is 0 Å². The Hall–Kier alpha value is -1.60. The normalized spacial score (nSPS) is 11.3. The van der Waals surface area contributed by atoms with Crippen molar-refractivity contribution in [3.63, 3.8) is 0 Å². The van der Waals surface area contributed by atoms with E-state index in [0.29, 0.717) is 4.47 Å². The second kappa shape index (κ2) is 5.41. The highest BCUT2D eigenvalue weighted by Gasteiger charge is 2.12. The molecular formula is C13H11BrFNO3S. The molecule has 0 heterocycles. The zero-order valence-corrected chi connectivity index (χ0v) is 12.8. The Bertz CT molecular complexity index is 762. The summed E-state index contributed by atoms with van der Waals surface area (Å²) in [5.41, 5.74) is 5.85. The third-order valence-corrected chi connectivity index (χ3v) is 4.13. The first-order valence-electron chi connectivity index (χ1n) is 5.50. The number of rotatable bonds is 3. The number of sulfone groups is 1. The zero-order valence-electron chi connectivity index (χ0n) is 10.4. The maximum Gasteiger partial charge on any atom is 0.175 e. The van der Waals surface area contributed by atoms with Gasteiger partial charge < -0.3 is 10.5 Å². The third kappa shape index (κ3) is 3.29. The minimum atomic E-state index is -3.35. The van der Waals surface area contributed by atoms with Crippen LogP contribution in [-0.4, -0.2) is 14.7 Å². The molecule has 0 radical (unpaired) electrons. The van der Waals surface area contributed by atoms with Crippen LogP contribution in [0.4, 0.5) is 10.1 Å². The minimum Gasteiger partial charge on any atom is -0.452 e. The number of halogens is 2. The molecule has 0 amide bonds. The van der Waals surface area contributed by atoms with Crippen LogP contribution in [0.3, 0.4) is 0 Å². The fourth-order valence-corrected chi connectivity index (χ4v) is 2.52. The lowest BCUT2D eigenvalue weighted by molar-refractivity contribution is 0.443. The third-order valence-electron chi connectivity index (χ3n) is 2.52. The molecule has 0 aliphatic rings. The molecule has 7 heteroatoms. The number of hydrogen-bond donors (Lipinski definition) is 1. The van der Waals surface area contributed by atoms with E-state index in [1.807, 2.05) is 0 Å². The summed E-state index contributed by atoms with van der Waals surface area (Å²) in [6.07, 6.45) is 1.08. The molecule has 0 fully saturated rings. The fraction of sp³-hybridized carbons (Fsp3) is 0.0769. The highest BCUT2D eigenvalue weighted by molar-refractivity contribution is 9.10. The molecule has 106 valence electrons. The molecule has 0 saturated heterocycles. The SMILES string of the molecule is CS(=O)(=O)c1ccc(Oc2cc(Br)ccc2F)c(N)c1. The van der Waals surface area contributed by atoms with E-state index < -0.39 is 15.7 Å². The van der Waals surface area contributed by atoms with Gasteiger partial charge in [-0.2, -0.15) is 0 Å². The van der Waals surface area contributed by atoms with Gasteiger partial charge in [0.1, 0.15) is 0 Å². The molecule has 0 aliphatic carbocycles. The molecule has 2 N–H and O–H groups in total. The molecule has 2 aromatic rings. The summed E-state index contributed by atoms with van der Waals surface area (Å²) in [6, 6.07) is 8.28. The van der Waals surface area contributed by atoms with Crippen molar-refractivity contribution >= 4 is 31.5 Å². The van der Waals surface area contributed by atoms with Crippen molar-refractivity contribution in [2.24, 2.45) is 0 Å². The first-order chi connectivity index (χ1) is 9.27. The average Bonchev–Trinajstić information content (AvgIpc) is 2.35. The fourth-order valence-electron chi connectivity index (χ4n) is 1.52. The van der Waals surface area contributed by atoms with Gasteiger partial charge in [-0.05, 0) is 36.4 Å². The van der Waals surface area contributed by atoms with E-state index >= 15 is 0 Å². The van der Waals surface area contributed by atoms with Gasteiger partial charge in [0.15, 0.2) is 27.2 Å². The monoisotopic (exact) mass is 359 g/mol. The summed E-state index contributed by atoms with van der Waals surface area (Å²) in [4.78, 5) is 0.0806. The molecule has 2 aromatic carbocycles. The summed E-state index contributed by atoms with van der Waals surface area (Å²) in [5.74, 6) is -0.354. The van der Waals surface area contributed by atoms with Gasteiger partial charge in [0.25, 0.3) is 0 Å². The van der Waals surface area contributed by atoms with Crippen molar-refractivity contribution in [2.75, 3.05) is 12.0 Å². The van der Waals surface area contributed by atoms with Crippen molar-refractivity contribution in [3.8, 4) is 11.5 Å². The Labute approximate surface area is 124 Å². The summed E-state index contributed by atoms with van der Waals surface area (Å²) < 4.78 is 42.4. The van der Waals surface area contributed by atoms with E-state index in [4.69, 9.17) is 10.5 Å². The summed E-state index contributed by atoms with van der Waals surface area (Å²) in [6.45, 7) is 0. The van der Waals surface area contributed by atoms with Crippen LogP contribution >= 0.6 is 15.9 Å². The summed E-state index contributed by atoms with van der Waals surface area (Å²) >= 11 is 3.21. The van der Waals surface area contributed by atoms with Crippen LogP contribution in [-0.2, 0) is 9.84 Å². The number of hydrogen-bond acceptors (Lipinski definition) is 4. The van der Waals surface area contributed by atoms with Crippen molar-refractivity contribution < 1.29 is 17.5 Å². The van der Waals surface area contributed by atoms with Gasteiger partial charge in [0, 0.05) is 10.7 Å². The van der Waals surface area contributed by atoms with Gasteiger partial charge >= 0.3 is 0 Å². The molecular weight excluding hydrogens is 349 g/mol. The topological polar surface area (TPSA) is 69.4 Å². The van der Waals surface area contributed by atoms with Crippen LogP contribution in [0, 0.1) is 5.82 Å². The van der Waals surface area contributed by atoms with Crippen LogP contribution in [0.5, 0.6) is 11.5 Å². The first-order valence-corrected chi connectivity index (χ1v) is 8.18. The van der Waals surface area contributed by atoms with Crippen LogP contribution < -0.4 is 10.5 Å². The van der Waals surface area contributed by atoms with Gasteiger partial charge in [-0.3, -0.25) is 0 Å². The Kier molecular flexibility index (Phi) is 4.01. The Morgan fingerprint density at radius 2 is 1.85 bits per heavy atom. The van der Waals surface area contributed by atoms with Crippen LogP contribution in [0.15, 0.2) is 45.8 Å². The van der Waals surface area contributed by atoms with Gasteiger partial charge in [0.05, 0.1) is 10.6 Å². The second-order valence-corrected chi connectivity index (χ2v) is 7.08. The highest BCUT2D eigenvalue weighted by atomic mass is 79.9. The lowest BCUT2D eigenvalue weighted by atomic mass is 10.3. The molecule has 0 aromatic heterocycles. The van der Waals surface area contributed by atoms with Crippen molar-refractivity contribution in [2.45, 2.75) is 4.90 Å². The van der Waals surface area contributed by atoms with Crippen LogP contribution in [0.25, 0.3) is 0 Å². The standard InChI is InChI=1S/C13H11BrFNO3S/c1-20(17,18)9-3-5-12(11(16)7-9)19-13-6-8(14)2-4-10(13)15/h2-7H,16H2,1H3. The van der Waals surface area contributed by atoms with E-state index in [2.05, 4.69) is 15.9 Å². The maximum absolute atomic E-state index is 13.6. The van der Waals surface area contributed by atoms with E-state index in [9.17, 15) is 12.8 Å². The number of benzene rings is 2. The maximum atomic E-state index is 13.6. The molecule has 0 spiro atoms. The lowest BCUT2D eigenvalue weighted by Crippen LogP contribution is -2.00. The minimum absolute atomic E-state index is 0.00168. The first kappa shape index (κ1) is 14.8. The summed E-state index contributed by atoms with van der Waals surface area (Å²) in [7, 11) is -3.35. The lowest BCUT2D eigenvalue weighted by Gasteiger charge is -2.10. The molecule has 0 aliphatic heterocycles. The molecule has 0 unspecified atom stereocenters. The zero-order chi connectivity index (χ0) is 14.9. The van der Waals surface area contributed by atoms with Crippen molar-refractivity contribution in [3.05, 3.63) is 46.7 Å². The van der Waals surface area contributed by atoms with Gasteiger partial charge in [-0.15, -0.1) is 0 Å². The Balaban J connectivity index is 2.38. The van der Waals surface area contributed by atoms with Crippen molar-refractivity contribution in [1.82, 2.24) is 0 Å². The molecule has 2 rings (SSSR count).